The molecule has 0 unspecified atom stereocenters. The Kier molecular flexibility index (Phi) is 5.09. The summed E-state index contributed by atoms with van der Waals surface area (Å²) in [4.78, 5) is 11.7. The van der Waals surface area contributed by atoms with E-state index in [1.165, 1.54) is 25.1 Å². The van der Waals surface area contributed by atoms with Crippen LogP contribution in [0.25, 0.3) is 0 Å². The Labute approximate surface area is 145 Å². The highest BCUT2D eigenvalue weighted by Gasteiger charge is 2.22. The molecule has 2 aromatic rings. The van der Waals surface area contributed by atoms with Crippen molar-refractivity contribution >= 4 is 47.8 Å². The highest BCUT2D eigenvalue weighted by Crippen LogP contribution is 2.29. The molecule has 0 N–H and O–H groups in total. The number of hydrogen-bond donors (Lipinski definition) is 0. The Morgan fingerprint density at radius 3 is 2.36 bits per heavy atom. The molecule has 22 heavy (non-hydrogen) atoms. The molecule has 2 aromatic carbocycles. The number of carbonyl (C=O) groups is 1. The molecule has 0 aliphatic carbocycles. The van der Waals surface area contributed by atoms with E-state index < -0.39 is 10.1 Å². The van der Waals surface area contributed by atoms with Gasteiger partial charge in [0.2, 0.25) is 0 Å². The van der Waals surface area contributed by atoms with Crippen LogP contribution in [0.3, 0.4) is 0 Å². The minimum atomic E-state index is -4.04. The molecule has 4 nitrogen and oxygen atoms in total. The molecular weight excluding hydrogens is 436 g/mol. The van der Waals surface area contributed by atoms with E-state index in [-0.39, 0.29) is 22.0 Å². The van der Waals surface area contributed by atoms with Gasteiger partial charge >= 0.3 is 10.1 Å². The summed E-state index contributed by atoms with van der Waals surface area (Å²) in [5.41, 5.74) is 1.11. The smallest absolute Gasteiger partial charge is 0.340 e. The molecule has 0 fully saturated rings. The highest BCUT2D eigenvalue weighted by atomic mass is 79.9. The van der Waals surface area contributed by atoms with Crippen molar-refractivity contribution in [3.63, 3.8) is 0 Å². The summed E-state index contributed by atoms with van der Waals surface area (Å²) in [5, 5.41) is 0. The number of aryl methyl sites for hydroxylation is 1. The maximum Gasteiger partial charge on any atom is 0.340 e. The van der Waals surface area contributed by atoms with Crippen molar-refractivity contribution in [2.24, 2.45) is 0 Å². The van der Waals surface area contributed by atoms with Crippen LogP contribution < -0.4 is 4.18 Å². The third-order valence-corrected chi connectivity index (χ3v) is 5.58. The Bertz CT molecular complexity index is 845. The van der Waals surface area contributed by atoms with Crippen LogP contribution in [-0.4, -0.2) is 14.2 Å². The van der Waals surface area contributed by atoms with Crippen molar-refractivity contribution < 1.29 is 17.4 Å². The predicted octanol–water partition coefficient (Wildman–Crippen LogP) is 4.49. The van der Waals surface area contributed by atoms with Gasteiger partial charge in [-0.3, -0.25) is 4.79 Å². The fraction of sp³-hybridized carbons (Fsp3) is 0.133. The van der Waals surface area contributed by atoms with Crippen molar-refractivity contribution in [1.82, 2.24) is 0 Å². The van der Waals surface area contributed by atoms with Crippen molar-refractivity contribution in [2.75, 3.05) is 0 Å². The molecule has 0 radical (unpaired) electrons. The van der Waals surface area contributed by atoms with Crippen LogP contribution in [0, 0.1) is 6.92 Å². The van der Waals surface area contributed by atoms with Crippen LogP contribution in [0.1, 0.15) is 22.8 Å². The molecule has 0 amide bonds. The zero-order chi connectivity index (χ0) is 16.5. The largest absolute Gasteiger partial charge is 0.378 e. The first-order valence-electron chi connectivity index (χ1n) is 6.22. The van der Waals surface area contributed by atoms with Gasteiger partial charge in [0.25, 0.3) is 0 Å². The normalized spacial score (nSPS) is 11.3. The van der Waals surface area contributed by atoms with E-state index in [9.17, 15) is 13.2 Å². The molecule has 2 rings (SSSR count). The lowest BCUT2D eigenvalue weighted by atomic mass is 10.1. The van der Waals surface area contributed by atoms with Gasteiger partial charge in [0.05, 0.1) is 5.56 Å². The van der Waals surface area contributed by atoms with Crippen molar-refractivity contribution in [2.45, 2.75) is 18.7 Å². The average Bonchev–Trinajstić information content (AvgIpc) is 2.39. The lowest BCUT2D eigenvalue weighted by Crippen LogP contribution is -2.12. The molecule has 0 saturated heterocycles. The van der Waals surface area contributed by atoms with Gasteiger partial charge in [0.1, 0.15) is 4.90 Å². The molecular formula is C15H12Br2O4S. The van der Waals surface area contributed by atoms with Gasteiger partial charge in [-0.25, -0.2) is 0 Å². The molecule has 0 heterocycles. The van der Waals surface area contributed by atoms with Gasteiger partial charge in [-0.15, -0.1) is 0 Å². The minimum Gasteiger partial charge on any atom is -0.378 e. The molecule has 0 atom stereocenters. The topological polar surface area (TPSA) is 60.4 Å². The Morgan fingerprint density at radius 1 is 1.09 bits per heavy atom. The fourth-order valence-corrected chi connectivity index (χ4v) is 4.27. The maximum atomic E-state index is 12.4. The number of carbonyl (C=O) groups excluding carboxylic acids is 1. The average molecular weight is 448 g/mol. The van der Waals surface area contributed by atoms with E-state index in [1.54, 1.807) is 18.2 Å². The van der Waals surface area contributed by atoms with Gasteiger partial charge < -0.3 is 4.18 Å². The number of halogens is 2. The number of Topliss-reactive ketones (excluding diaryl/α,β-unsaturated/α-hetero) is 1. The summed E-state index contributed by atoms with van der Waals surface area (Å²) < 4.78 is 31.1. The number of hydrogen-bond acceptors (Lipinski definition) is 4. The Morgan fingerprint density at radius 2 is 1.77 bits per heavy atom. The van der Waals surface area contributed by atoms with Gasteiger partial charge in [-0.05, 0) is 65.7 Å². The fourth-order valence-electron chi connectivity index (χ4n) is 1.82. The number of rotatable bonds is 4. The maximum absolute atomic E-state index is 12.4. The van der Waals surface area contributed by atoms with Crippen LogP contribution in [-0.2, 0) is 10.1 Å². The molecule has 116 valence electrons. The summed E-state index contributed by atoms with van der Waals surface area (Å²) in [6.07, 6.45) is 0. The predicted molar refractivity (Wildman–Crippen MR) is 90.8 cm³/mol. The number of benzene rings is 2. The minimum absolute atomic E-state index is 0.00294. The quantitative estimate of drug-likeness (QED) is 0.511. The monoisotopic (exact) mass is 446 g/mol. The summed E-state index contributed by atoms with van der Waals surface area (Å²) >= 11 is 6.47. The van der Waals surface area contributed by atoms with Crippen molar-refractivity contribution in [1.29, 1.82) is 0 Å². The van der Waals surface area contributed by atoms with Crippen LogP contribution in [0.4, 0.5) is 0 Å². The van der Waals surface area contributed by atoms with Gasteiger partial charge in [-0.2, -0.15) is 8.42 Å². The van der Waals surface area contributed by atoms with E-state index >= 15 is 0 Å². The van der Waals surface area contributed by atoms with Crippen LogP contribution in [0.5, 0.6) is 5.75 Å². The van der Waals surface area contributed by atoms with E-state index in [1.807, 2.05) is 6.92 Å². The molecule has 0 aliphatic heterocycles. The summed E-state index contributed by atoms with van der Waals surface area (Å²) in [6, 6.07) is 9.40. The zero-order valence-electron chi connectivity index (χ0n) is 11.8. The molecule has 7 heteroatoms. The third-order valence-electron chi connectivity index (χ3n) is 2.88. The summed E-state index contributed by atoms with van der Waals surface area (Å²) in [6.45, 7) is 3.20. The number of ketones is 1. The first-order valence-corrected chi connectivity index (χ1v) is 9.21. The lowest BCUT2D eigenvalue weighted by molar-refractivity contribution is 0.101. The molecule has 0 aliphatic rings. The van der Waals surface area contributed by atoms with E-state index in [4.69, 9.17) is 4.18 Å². The van der Waals surface area contributed by atoms with Crippen LogP contribution in [0.2, 0.25) is 0 Å². The molecule has 0 aromatic heterocycles. The van der Waals surface area contributed by atoms with E-state index in [0.29, 0.717) is 8.95 Å². The summed E-state index contributed by atoms with van der Waals surface area (Å²) in [7, 11) is -4.04. The standard InChI is InChI=1S/C15H12Br2O4S/c1-9-3-6-15(13(17)7-9)22(19,20)21-14-5-4-11(16)8-12(14)10(2)18/h3-8H,1-2H3. The molecule has 0 saturated carbocycles. The van der Waals surface area contributed by atoms with E-state index in [0.717, 1.165) is 5.56 Å². The van der Waals surface area contributed by atoms with Crippen molar-refractivity contribution in [3.8, 4) is 5.75 Å². The lowest BCUT2D eigenvalue weighted by Gasteiger charge is -2.11. The zero-order valence-corrected chi connectivity index (χ0v) is 15.7. The Hall–Kier alpha value is -1.18. The highest BCUT2D eigenvalue weighted by molar-refractivity contribution is 9.10. The van der Waals surface area contributed by atoms with Gasteiger partial charge in [-0.1, -0.05) is 22.0 Å². The SMILES string of the molecule is CC(=O)c1cc(Br)ccc1OS(=O)(=O)c1ccc(C)cc1Br. The van der Waals surface area contributed by atoms with Crippen molar-refractivity contribution in [3.05, 3.63) is 56.5 Å². The van der Waals surface area contributed by atoms with Crippen LogP contribution >= 0.6 is 31.9 Å². The van der Waals surface area contributed by atoms with Gasteiger partial charge in [0.15, 0.2) is 11.5 Å². The molecule has 0 spiro atoms. The second-order valence-corrected chi connectivity index (χ2v) is 7.95. The third kappa shape index (κ3) is 3.77. The second-order valence-electron chi connectivity index (χ2n) is 4.67. The molecule has 0 bridgehead atoms. The van der Waals surface area contributed by atoms with Crippen LogP contribution in [0.15, 0.2) is 50.2 Å². The van der Waals surface area contributed by atoms with Gasteiger partial charge in [0, 0.05) is 8.95 Å². The summed E-state index contributed by atoms with van der Waals surface area (Å²) in [5.74, 6) is -0.280. The Balaban J connectivity index is 2.47. The van der Waals surface area contributed by atoms with E-state index in [2.05, 4.69) is 31.9 Å². The first-order chi connectivity index (χ1) is 10.2. The first kappa shape index (κ1) is 17.2. The second kappa shape index (κ2) is 6.52.